The lowest BCUT2D eigenvalue weighted by Crippen LogP contribution is -2.32. The van der Waals surface area contributed by atoms with Gasteiger partial charge in [0.05, 0.1) is 6.16 Å². The molecule has 1 saturated heterocycles. The molecule has 174 valence electrons. The Balaban J connectivity index is 1.46. The molecule has 1 heterocycles. The highest BCUT2D eigenvalue weighted by molar-refractivity contribution is 7.51. The van der Waals surface area contributed by atoms with E-state index in [1.54, 1.807) is 0 Å². The molecule has 11 heteroatoms. The number of hydrogen-bond donors (Lipinski definition) is 3. The Labute approximate surface area is 185 Å². The van der Waals surface area contributed by atoms with Crippen LogP contribution in [0.3, 0.4) is 0 Å². The Hall–Kier alpha value is -2.55. The third kappa shape index (κ3) is 6.48. The van der Waals surface area contributed by atoms with Gasteiger partial charge in [0, 0.05) is 32.2 Å². The molecular weight excluding hydrogens is 439 g/mol. The maximum atomic E-state index is 12.1. The predicted octanol–water partition coefficient (Wildman–Crippen LogP) is 1.72. The van der Waals surface area contributed by atoms with Gasteiger partial charge in [0.15, 0.2) is 0 Å². The molecular formula is C21H27N2O8P. The number of fused-ring (bicyclic) bond motifs is 2. The summed E-state index contributed by atoms with van der Waals surface area (Å²) >= 11 is 0. The van der Waals surface area contributed by atoms with Crippen molar-refractivity contribution in [3.63, 3.8) is 0 Å². The van der Waals surface area contributed by atoms with Crippen molar-refractivity contribution in [2.75, 3.05) is 12.7 Å². The van der Waals surface area contributed by atoms with Crippen LogP contribution in [0.4, 0.5) is 0 Å². The Kier molecular flexibility index (Phi) is 7.82. The smallest absolute Gasteiger partial charge is 0.333 e. The molecule has 3 rings (SSSR count). The number of carbonyl (C=O) groups excluding carboxylic acids is 4. The van der Waals surface area contributed by atoms with Crippen molar-refractivity contribution in [1.82, 2.24) is 10.4 Å². The van der Waals surface area contributed by atoms with Crippen molar-refractivity contribution < 1.29 is 38.4 Å². The van der Waals surface area contributed by atoms with E-state index in [-0.39, 0.29) is 50.0 Å². The fourth-order valence-electron chi connectivity index (χ4n) is 4.21. The molecule has 1 aliphatic heterocycles. The number of nitrogens with one attached hydrogen (secondary N) is 1. The minimum atomic E-state index is -4.14. The molecule has 0 spiro atoms. The molecule has 2 atom stereocenters. The Morgan fingerprint density at radius 2 is 1.69 bits per heavy atom. The van der Waals surface area contributed by atoms with Crippen LogP contribution in [-0.2, 0) is 28.6 Å². The molecule has 0 radical (unpaired) electrons. The van der Waals surface area contributed by atoms with Crippen molar-refractivity contribution in [3.8, 4) is 0 Å². The molecule has 2 aliphatic rings. The van der Waals surface area contributed by atoms with Gasteiger partial charge in [-0.15, -0.1) is 5.06 Å². The van der Waals surface area contributed by atoms with Gasteiger partial charge in [-0.05, 0) is 42.2 Å². The molecule has 32 heavy (non-hydrogen) atoms. The summed E-state index contributed by atoms with van der Waals surface area (Å²) in [5.74, 6) is -1.67. The average Bonchev–Trinajstić information content (AvgIpc) is 3.15. The summed E-state index contributed by atoms with van der Waals surface area (Å²) in [6.45, 7) is -0.0743. The van der Waals surface area contributed by atoms with E-state index in [1.165, 1.54) is 0 Å². The van der Waals surface area contributed by atoms with Crippen LogP contribution < -0.4 is 5.32 Å². The van der Waals surface area contributed by atoms with Gasteiger partial charge in [0.2, 0.25) is 5.91 Å². The van der Waals surface area contributed by atoms with Crippen molar-refractivity contribution in [1.29, 1.82) is 0 Å². The van der Waals surface area contributed by atoms with Crippen LogP contribution in [0.2, 0.25) is 0 Å². The third-order valence-corrected chi connectivity index (χ3v) is 6.56. The van der Waals surface area contributed by atoms with Crippen LogP contribution in [0.25, 0.3) is 0 Å². The zero-order valence-corrected chi connectivity index (χ0v) is 18.5. The lowest BCUT2D eigenvalue weighted by molar-refractivity contribution is -0.197. The number of hydroxylamine groups is 2. The van der Waals surface area contributed by atoms with Gasteiger partial charge < -0.3 is 19.9 Å². The number of imide groups is 1. The van der Waals surface area contributed by atoms with Gasteiger partial charge in [-0.3, -0.25) is 18.9 Å². The van der Waals surface area contributed by atoms with Crippen LogP contribution in [0.5, 0.6) is 0 Å². The highest BCUT2D eigenvalue weighted by Gasteiger charge is 2.34. The number of hydrogen-bond acceptors (Lipinski definition) is 6. The first kappa shape index (κ1) is 24.1. The highest BCUT2D eigenvalue weighted by Crippen LogP contribution is 2.45. The molecule has 0 saturated carbocycles. The Bertz CT molecular complexity index is 927. The van der Waals surface area contributed by atoms with E-state index in [4.69, 9.17) is 14.6 Å². The zero-order chi connectivity index (χ0) is 23.3. The van der Waals surface area contributed by atoms with Crippen LogP contribution >= 0.6 is 7.60 Å². The summed E-state index contributed by atoms with van der Waals surface area (Å²) in [5.41, 5.74) is 2.25. The van der Waals surface area contributed by atoms with Gasteiger partial charge >= 0.3 is 13.6 Å². The summed E-state index contributed by atoms with van der Waals surface area (Å²) in [6.07, 6.45) is 1.76. The number of benzene rings is 1. The minimum absolute atomic E-state index is 0.0539. The Morgan fingerprint density at radius 1 is 1.06 bits per heavy atom. The minimum Gasteiger partial charge on any atom is -0.355 e. The molecule has 2 unspecified atom stereocenters. The summed E-state index contributed by atoms with van der Waals surface area (Å²) in [5, 5.41) is 3.08. The summed E-state index contributed by atoms with van der Waals surface area (Å²) < 4.78 is 10.9. The second-order valence-corrected chi connectivity index (χ2v) is 9.87. The predicted molar refractivity (Wildman–Crippen MR) is 112 cm³/mol. The maximum absolute atomic E-state index is 12.1. The SMILES string of the molecule is O=C(CCC1c2cccc(c2)C1CCCC(=O)ON1C(=O)CCC1=O)NCCP(=O)(O)O. The maximum Gasteiger partial charge on any atom is 0.333 e. The molecule has 1 aromatic rings. The van der Waals surface area contributed by atoms with Crippen LogP contribution in [0.1, 0.15) is 67.9 Å². The fraction of sp³-hybridized carbons (Fsp3) is 0.524. The first-order valence-electron chi connectivity index (χ1n) is 10.6. The summed E-state index contributed by atoms with van der Waals surface area (Å²) in [7, 11) is -4.14. The number of nitrogens with zero attached hydrogens (tertiary/aromatic N) is 1. The fourth-order valence-corrected chi connectivity index (χ4v) is 4.61. The monoisotopic (exact) mass is 466 g/mol. The largest absolute Gasteiger partial charge is 0.355 e. The molecule has 3 N–H and O–H groups in total. The second kappa shape index (κ2) is 10.4. The zero-order valence-electron chi connectivity index (χ0n) is 17.6. The van der Waals surface area contributed by atoms with E-state index in [2.05, 4.69) is 11.4 Å². The lowest BCUT2D eigenvalue weighted by atomic mass is 9.83. The van der Waals surface area contributed by atoms with E-state index in [9.17, 15) is 23.7 Å². The molecule has 10 nitrogen and oxygen atoms in total. The molecule has 0 aromatic heterocycles. The van der Waals surface area contributed by atoms with Crippen molar-refractivity contribution in [3.05, 3.63) is 35.4 Å². The third-order valence-electron chi connectivity index (χ3n) is 5.76. The topological polar surface area (TPSA) is 150 Å². The van der Waals surface area contributed by atoms with Gasteiger partial charge in [0.25, 0.3) is 11.8 Å². The molecule has 3 amide bonds. The van der Waals surface area contributed by atoms with E-state index in [0.29, 0.717) is 24.3 Å². The first-order valence-corrected chi connectivity index (χ1v) is 12.4. The van der Waals surface area contributed by atoms with Gasteiger partial charge in [-0.1, -0.05) is 24.3 Å². The van der Waals surface area contributed by atoms with Crippen molar-refractivity contribution in [2.45, 2.75) is 56.8 Å². The van der Waals surface area contributed by atoms with E-state index >= 15 is 0 Å². The second-order valence-electron chi connectivity index (χ2n) is 8.10. The Morgan fingerprint density at radius 3 is 2.31 bits per heavy atom. The van der Waals surface area contributed by atoms with Gasteiger partial charge in [0.1, 0.15) is 0 Å². The normalized spacial score (nSPS) is 20.0. The molecule has 1 fully saturated rings. The summed E-state index contributed by atoms with van der Waals surface area (Å²) in [4.78, 5) is 69.8. The molecule has 2 bridgehead atoms. The lowest BCUT2D eigenvalue weighted by Gasteiger charge is -2.21. The van der Waals surface area contributed by atoms with E-state index < -0.39 is 31.5 Å². The quantitative estimate of drug-likeness (QED) is 0.330. The summed E-state index contributed by atoms with van der Waals surface area (Å²) in [6, 6.07) is 8.05. The standard InChI is InChI=1S/C21H27N2O8P/c24-18(22-11-12-32(28,29)30)8-7-17-15-4-1-3-14(13-15)16(17)5-2-6-21(27)31-23-19(25)9-10-20(23)26/h1,3-4,13,16-17H,2,5-12H2,(H,22,24)(H2,28,29,30). The van der Waals surface area contributed by atoms with E-state index in [0.717, 1.165) is 11.1 Å². The van der Waals surface area contributed by atoms with Crippen molar-refractivity contribution >= 4 is 31.3 Å². The number of carbonyl (C=O) groups is 4. The van der Waals surface area contributed by atoms with Gasteiger partial charge in [-0.25, -0.2) is 4.79 Å². The first-order chi connectivity index (χ1) is 15.1. The van der Waals surface area contributed by atoms with Crippen LogP contribution in [-0.4, -0.2) is 51.2 Å². The molecule has 1 aromatic carbocycles. The van der Waals surface area contributed by atoms with Crippen LogP contribution in [0.15, 0.2) is 24.3 Å². The number of amides is 3. The van der Waals surface area contributed by atoms with E-state index in [1.807, 2.05) is 18.2 Å². The highest BCUT2D eigenvalue weighted by atomic mass is 31.2. The molecule has 1 aliphatic carbocycles. The number of rotatable bonds is 11. The van der Waals surface area contributed by atoms with Gasteiger partial charge in [-0.2, -0.15) is 0 Å². The van der Waals surface area contributed by atoms with Crippen LogP contribution in [0, 0.1) is 0 Å². The average molecular weight is 466 g/mol. The van der Waals surface area contributed by atoms with Crippen molar-refractivity contribution in [2.24, 2.45) is 0 Å².